The Hall–Kier alpha value is -1.49. The van der Waals surface area contributed by atoms with Crippen molar-refractivity contribution in [1.29, 1.82) is 0 Å². The maximum absolute atomic E-state index is 11.8. The Balaban J connectivity index is 2.73. The number of amides is 1. The van der Waals surface area contributed by atoms with Gasteiger partial charge in [0.05, 0.1) is 11.3 Å². The second-order valence-corrected chi connectivity index (χ2v) is 3.80. The molecule has 1 aromatic heterocycles. The van der Waals surface area contributed by atoms with E-state index < -0.39 is 0 Å². The molecule has 0 saturated carbocycles. The van der Waals surface area contributed by atoms with Gasteiger partial charge in [-0.1, -0.05) is 0 Å². The van der Waals surface area contributed by atoms with Crippen LogP contribution in [0.5, 0.6) is 0 Å². The molecule has 2 N–H and O–H groups in total. The monoisotopic (exact) mass is 223 g/mol. The van der Waals surface area contributed by atoms with E-state index in [0.717, 1.165) is 0 Å². The second kappa shape index (κ2) is 5.55. The minimum Gasteiger partial charge on any atom is -0.396 e. The Morgan fingerprint density at radius 1 is 1.56 bits per heavy atom. The molecule has 0 radical (unpaired) electrons. The van der Waals surface area contributed by atoms with Crippen LogP contribution in [0.2, 0.25) is 0 Å². The van der Waals surface area contributed by atoms with Gasteiger partial charge in [-0.25, -0.2) is 9.97 Å². The molecule has 0 aliphatic carbocycles. The molecule has 1 amide bonds. The van der Waals surface area contributed by atoms with Crippen LogP contribution in [-0.2, 0) is 0 Å². The molecule has 0 fully saturated rings. The SMILES string of the molecule is Cc1ncc(C(=O)NC(C)CCO)c(C)n1. The van der Waals surface area contributed by atoms with Gasteiger partial charge < -0.3 is 10.4 Å². The predicted octanol–water partition coefficient (Wildman–Crippen LogP) is 0.594. The third-order valence-electron chi connectivity index (χ3n) is 2.28. The number of aryl methyl sites for hydroxylation is 2. The van der Waals surface area contributed by atoms with E-state index in [0.29, 0.717) is 23.5 Å². The first-order valence-electron chi connectivity index (χ1n) is 5.26. The van der Waals surface area contributed by atoms with Gasteiger partial charge in [-0.05, 0) is 27.2 Å². The molecule has 0 aliphatic heterocycles. The van der Waals surface area contributed by atoms with Crippen LogP contribution < -0.4 is 5.32 Å². The minimum atomic E-state index is -0.196. The smallest absolute Gasteiger partial charge is 0.254 e. The van der Waals surface area contributed by atoms with E-state index in [1.54, 1.807) is 13.8 Å². The molecule has 1 heterocycles. The Kier molecular flexibility index (Phi) is 4.37. The fraction of sp³-hybridized carbons (Fsp3) is 0.545. The molecule has 1 unspecified atom stereocenters. The fourth-order valence-electron chi connectivity index (χ4n) is 1.37. The van der Waals surface area contributed by atoms with Crippen LogP contribution in [0.1, 0.15) is 35.2 Å². The predicted molar refractivity (Wildman–Crippen MR) is 60.1 cm³/mol. The zero-order chi connectivity index (χ0) is 12.1. The summed E-state index contributed by atoms with van der Waals surface area (Å²) < 4.78 is 0. The van der Waals surface area contributed by atoms with E-state index in [1.807, 2.05) is 6.92 Å². The number of aliphatic hydroxyl groups excluding tert-OH is 1. The number of carbonyl (C=O) groups excluding carboxylic acids is 1. The van der Waals surface area contributed by atoms with Gasteiger partial charge in [-0.2, -0.15) is 0 Å². The highest BCUT2D eigenvalue weighted by Gasteiger charge is 2.13. The van der Waals surface area contributed by atoms with E-state index in [9.17, 15) is 4.79 Å². The number of aliphatic hydroxyl groups is 1. The molecule has 0 bridgehead atoms. The van der Waals surface area contributed by atoms with Crippen LogP contribution in [0.15, 0.2) is 6.20 Å². The van der Waals surface area contributed by atoms with Crippen LogP contribution in [0.25, 0.3) is 0 Å². The Morgan fingerprint density at radius 2 is 2.25 bits per heavy atom. The highest BCUT2D eigenvalue weighted by molar-refractivity contribution is 5.95. The summed E-state index contributed by atoms with van der Waals surface area (Å²) in [6, 6.07) is -0.0572. The molecule has 5 nitrogen and oxygen atoms in total. The first kappa shape index (κ1) is 12.6. The molecule has 0 spiro atoms. The van der Waals surface area contributed by atoms with Gasteiger partial charge in [0.25, 0.3) is 5.91 Å². The highest BCUT2D eigenvalue weighted by Crippen LogP contribution is 2.04. The maximum Gasteiger partial charge on any atom is 0.254 e. The van der Waals surface area contributed by atoms with E-state index in [4.69, 9.17) is 5.11 Å². The number of nitrogens with one attached hydrogen (secondary N) is 1. The van der Waals surface area contributed by atoms with Gasteiger partial charge in [-0.3, -0.25) is 4.79 Å². The normalized spacial score (nSPS) is 12.2. The van der Waals surface area contributed by atoms with Gasteiger partial charge >= 0.3 is 0 Å². The summed E-state index contributed by atoms with van der Waals surface area (Å²) in [4.78, 5) is 19.9. The van der Waals surface area contributed by atoms with Crippen LogP contribution in [-0.4, -0.2) is 33.6 Å². The summed E-state index contributed by atoms with van der Waals surface area (Å²) in [5.74, 6) is 0.455. The Bertz CT molecular complexity index is 379. The summed E-state index contributed by atoms with van der Waals surface area (Å²) in [5.41, 5.74) is 1.15. The van der Waals surface area contributed by atoms with E-state index >= 15 is 0 Å². The summed E-state index contributed by atoms with van der Waals surface area (Å²) >= 11 is 0. The first-order chi connectivity index (χ1) is 7.54. The number of carbonyl (C=O) groups is 1. The van der Waals surface area contributed by atoms with Gasteiger partial charge in [0.1, 0.15) is 5.82 Å². The van der Waals surface area contributed by atoms with Crippen LogP contribution in [0.3, 0.4) is 0 Å². The van der Waals surface area contributed by atoms with Gasteiger partial charge in [-0.15, -0.1) is 0 Å². The Labute approximate surface area is 94.9 Å². The molecule has 16 heavy (non-hydrogen) atoms. The lowest BCUT2D eigenvalue weighted by Gasteiger charge is -2.13. The molecule has 0 saturated heterocycles. The number of rotatable bonds is 4. The van der Waals surface area contributed by atoms with Crippen molar-refractivity contribution in [3.05, 3.63) is 23.3 Å². The van der Waals surface area contributed by atoms with Crippen molar-refractivity contribution < 1.29 is 9.90 Å². The summed E-state index contributed by atoms with van der Waals surface area (Å²) in [5, 5.41) is 11.5. The van der Waals surface area contributed by atoms with Gasteiger partial charge in [0.15, 0.2) is 0 Å². The lowest BCUT2D eigenvalue weighted by Crippen LogP contribution is -2.33. The van der Waals surface area contributed by atoms with Crippen LogP contribution >= 0.6 is 0 Å². The van der Waals surface area contributed by atoms with Crippen molar-refractivity contribution in [2.45, 2.75) is 33.2 Å². The average Bonchev–Trinajstić information content (AvgIpc) is 2.17. The fourth-order valence-corrected chi connectivity index (χ4v) is 1.37. The largest absolute Gasteiger partial charge is 0.396 e. The molecule has 1 rings (SSSR count). The van der Waals surface area contributed by atoms with Crippen molar-refractivity contribution in [2.24, 2.45) is 0 Å². The standard InChI is InChI=1S/C11H17N3O2/c1-7(4-5-15)13-11(16)10-6-12-9(3)14-8(10)2/h6-7,15H,4-5H2,1-3H3,(H,13,16). The summed E-state index contributed by atoms with van der Waals surface area (Å²) in [6.07, 6.45) is 2.07. The minimum absolute atomic E-state index is 0.0572. The van der Waals surface area contributed by atoms with Crippen molar-refractivity contribution in [3.8, 4) is 0 Å². The van der Waals surface area contributed by atoms with Crippen molar-refractivity contribution in [1.82, 2.24) is 15.3 Å². The zero-order valence-corrected chi connectivity index (χ0v) is 9.82. The Morgan fingerprint density at radius 3 is 2.81 bits per heavy atom. The number of hydrogen-bond acceptors (Lipinski definition) is 4. The highest BCUT2D eigenvalue weighted by atomic mass is 16.3. The third-order valence-corrected chi connectivity index (χ3v) is 2.28. The van der Waals surface area contributed by atoms with Crippen LogP contribution in [0, 0.1) is 13.8 Å². The summed E-state index contributed by atoms with van der Waals surface area (Å²) in [6.45, 7) is 5.46. The first-order valence-corrected chi connectivity index (χ1v) is 5.26. The number of nitrogens with zero attached hydrogens (tertiary/aromatic N) is 2. The third kappa shape index (κ3) is 3.27. The topological polar surface area (TPSA) is 75.1 Å². The number of aromatic nitrogens is 2. The average molecular weight is 223 g/mol. The molecular formula is C11H17N3O2. The molecule has 88 valence electrons. The van der Waals surface area contributed by atoms with E-state index in [2.05, 4.69) is 15.3 Å². The molecule has 0 aliphatic rings. The lowest BCUT2D eigenvalue weighted by atomic mass is 10.2. The van der Waals surface area contributed by atoms with Crippen molar-refractivity contribution in [3.63, 3.8) is 0 Å². The van der Waals surface area contributed by atoms with Gasteiger partial charge in [0.2, 0.25) is 0 Å². The van der Waals surface area contributed by atoms with Crippen molar-refractivity contribution >= 4 is 5.91 Å². The molecule has 0 aromatic carbocycles. The summed E-state index contributed by atoms with van der Waals surface area (Å²) in [7, 11) is 0. The molecular weight excluding hydrogens is 206 g/mol. The van der Waals surface area contributed by atoms with Gasteiger partial charge in [0, 0.05) is 18.8 Å². The van der Waals surface area contributed by atoms with E-state index in [1.165, 1.54) is 6.20 Å². The van der Waals surface area contributed by atoms with Crippen LogP contribution in [0.4, 0.5) is 0 Å². The van der Waals surface area contributed by atoms with E-state index in [-0.39, 0.29) is 18.6 Å². The molecule has 5 heteroatoms. The lowest BCUT2D eigenvalue weighted by molar-refractivity contribution is 0.0933. The molecule has 1 aromatic rings. The number of hydrogen-bond donors (Lipinski definition) is 2. The molecule has 1 atom stereocenters. The van der Waals surface area contributed by atoms with Crippen molar-refractivity contribution in [2.75, 3.05) is 6.61 Å². The zero-order valence-electron chi connectivity index (χ0n) is 9.82. The maximum atomic E-state index is 11.8. The quantitative estimate of drug-likeness (QED) is 0.783. The second-order valence-electron chi connectivity index (χ2n) is 3.80.